The maximum absolute atomic E-state index is 4.42. The molecule has 0 aliphatic carbocycles. The molecule has 0 N–H and O–H groups in total. The molecule has 48 valence electrons. The molecule has 1 rings (SSSR count). The third kappa shape index (κ3) is 1.78. The van der Waals surface area contributed by atoms with E-state index in [1.807, 2.05) is 11.8 Å². The Hall–Kier alpha value is 1.05. The highest BCUT2D eigenvalue weighted by atomic mass is 32.2. The summed E-state index contributed by atoms with van der Waals surface area (Å²) >= 11 is 10.6. The van der Waals surface area contributed by atoms with Gasteiger partial charge in [-0.25, -0.2) is 0 Å². The number of rotatable bonds is 0. The van der Waals surface area contributed by atoms with Gasteiger partial charge in [-0.3, -0.25) is 0 Å². The largest absolute Gasteiger partial charge is 0.165 e. The minimum atomic E-state index is 0.201. The van der Waals surface area contributed by atoms with Gasteiger partial charge in [-0.2, -0.15) is 25.3 Å². The Labute approximate surface area is 65.6 Å². The van der Waals surface area contributed by atoms with Crippen molar-refractivity contribution in [2.45, 2.75) is 28.4 Å². The van der Waals surface area contributed by atoms with Crippen LogP contribution in [0, 0.1) is 0 Å². The van der Waals surface area contributed by atoms with Crippen molar-refractivity contribution < 1.29 is 0 Å². The Balaban J connectivity index is 2.44. The van der Waals surface area contributed by atoms with Gasteiger partial charge in [0.25, 0.3) is 0 Å². The molecule has 1 aliphatic rings. The first-order chi connectivity index (χ1) is 3.60. The Morgan fingerprint density at radius 2 is 2.38 bits per heavy atom. The first-order valence-corrected chi connectivity index (χ1v) is 4.53. The van der Waals surface area contributed by atoms with E-state index in [0.717, 1.165) is 0 Å². The summed E-state index contributed by atoms with van der Waals surface area (Å²) in [6.45, 7) is 2.15. The predicted octanol–water partition coefficient (Wildman–Crippen LogP) is 2.42. The summed E-state index contributed by atoms with van der Waals surface area (Å²) in [4.78, 5) is 0. The first kappa shape index (κ1) is 7.16. The Morgan fingerprint density at radius 1 is 1.75 bits per heavy atom. The van der Waals surface area contributed by atoms with Gasteiger partial charge in [0.05, 0.1) is 4.08 Å². The zero-order chi connectivity index (χ0) is 6.20. The molecule has 1 heterocycles. The van der Waals surface area contributed by atoms with E-state index in [1.165, 1.54) is 12.8 Å². The summed E-state index contributed by atoms with van der Waals surface area (Å²) in [5, 5.41) is 0. The summed E-state index contributed by atoms with van der Waals surface area (Å²) in [5.74, 6) is 0. The molecule has 3 heteroatoms. The fraction of sp³-hybridized carbons (Fsp3) is 1.00. The summed E-state index contributed by atoms with van der Waals surface area (Å²) in [7, 11) is 0. The minimum absolute atomic E-state index is 0.201. The molecule has 1 aliphatic heterocycles. The van der Waals surface area contributed by atoms with Crippen LogP contribution in [0.2, 0.25) is 0 Å². The molecule has 0 aromatic rings. The summed E-state index contributed by atoms with van der Waals surface area (Å²) in [6, 6.07) is 0. The quantitative estimate of drug-likeness (QED) is 0.521. The zero-order valence-corrected chi connectivity index (χ0v) is 7.40. The van der Waals surface area contributed by atoms with Gasteiger partial charge in [0.15, 0.2) is 0 Å². The molecule has 0 bridgehead atoms. The fourth-order valence-electron chi connectivity index (χ4n) is 0.802. The number of thioether (sulfide) groups is 1. The van der Waals surface area contributed by atoms with Crippen molar-refractivity contribution in [3.8, 4) is 0 Å². The minimum Gasteiger partial charge on any atom is -0.165 e. The standard InChI is InChI=1S/C5H10S3/c1-5(7)3-2-4(6)8-5/h4,6-7H,2-3H2,1H3. The van der Waals surface area contributed by atoms with Crippen LogP contribution in [0.15, 0.2) is 0 Å². The summed E-state index contributed by atoms with van der Waals surface area (Å²) in [6.07, 6.45) is 2.39. The Bertz CT molecular complexity index is 89.7. The van der Waals surface area contributed by atoms with Crippen molar-refractivity contribution >= 4 is 37.0 Å². The molecule has 8 heavy (non-hydrogen) atoms. The van der Waals surface area contributed by atoms with Crippen LogP contribution in [-0.2, 0) is 0 Å². The third-order valence-electron chi connectivity index (χ3n) is 1.25. The smallest absolute Gasteiger partial charge is 0.0565 e. The maximum Gasteiger partial charge on any atom is 0.0565 e. The molecule has 0 aromatic carbocycles. The number of hydrogen-bond donors (Lipinski definition) is 2. The number of hydrogen-bond acceptors (Lipinski definition) is 3. The van der Waals surface area contributed by atoms with Crippen LogP contribution in [0.25, 0.3) is 0 Å². The van der Waals surface area contributed by atoms with Gasteiger partial charge in [0.1, 0.15) is 0 Å². The highest BCUT2D eigenvalue weighted by molar-refractivity contribution is 8.18. The lowest BCUT2D eigenvalue weighted by Gasteiger charge is -2.13. The van der Waals surface area contributed by atoms with Gasteiger partial charge in [0, 0.05) is 4.58 Å². The van der Waals surface area contributed by atoms with E-state index in [0.29, 0.717) is 4.58 Å². The highest BCUT2D eigenvalue weighted by Crippen LogP contribution is 2.46. The lowest BCUT2D eigenvalue weighted by molar-refractivity contribution is 0.790. The molecule has 0 spiro atoms. The number of thiol groups is 2. The maximum atomic E-state index is 4.42. The molecule has 1 saturated heterocycles. The van der Waals surface area contributed by atoms with Gasteiger partial charge >= 0.3 is 0 Å². The lowest BCUT2D eigenvalue weighted by atomic mass is 10.3. The molecular weight excluding hydrogens is 156 g/mol. The predicted molar refractivity (Wildman–Crippen MR) is 47.0 cm³/mol. The van der Waals surface area contributed by atoms with Crippen molar-refractivity contribution in [3.05, 3.63) is 0 Å². The average Bonchev–Trinajstić information content (AvgIpc) is 1.82. The summed E-state index contributed by atoms with van der Waals surface area (Å²) in [5.41, 5.74) is 0. The molecule has 0 aromatic heterocycles. The van der Waals surface area contributed by atoms with Gasteiger partial charge in [-0.05, 0) is 19.8 Å². The molecule has 0 amide bonds. The van der Waals surface area contributed by atoms with Crippen LogP contribution < -0.4 is 0 Å². The van der Waals surface area contributed by atoms with E-state index in [9.17, 15) is 0 Å². The van der Waals surface area contributed by atoms with Crippen LogP contribution in [0.3, 0.4) is 0 Å². The summed E-state index contributed by atoms with van der Waals surface area (Å²) < 4.78 is 0.726. The molecule has 2 unspecified atom stereocenters. The van der Waals surface area contributed by atoms with Crippen LogP contribution in [0.4, 0.5) is 0 Å². The van der Waals surface area contributed by atoms with Crippen molar-refractivity contribution in [2.75, 3.05) is 0 Å². The Kier molecular flexibility index (Phi) is 2.10. The molecule has 2 atom stereocenters. The highest BCUT2D eigenvalue weighted by Gasteiger charge is 2.30. The van der Waals surface area contributed by atoms with E-state index in [4.69, 9.17) is 0 Å². The SMILES string of the molecule is CC1(S)CCC(S)S1. The van der Waals surface area contributed by atoms with E-state index in [-0.39, 0.29) is 4.08 Å². The molecule has 1 fully saturated rings. The van der Waals surface area contributed by atoms with Crippen LogP contribution in [0.1, 0.15) is 19.8 Å². The monoisotopic (exact) mass is 166 g/mol. The second-order valence-electron chi connectivity index (χ2n) is 2.29. The van der Waals surface area contributed by atoms with Crippen LogP contribution >= 0.6 is 37.0 Å². The van der Waals surface area contributed by atoms with Crippen LogP contribution in [-0.4, -0.2) is 8.66 Å². The van der Waals surface area contributed by atoms with Crippen molar-refractivity contribution in [2.24, 2.45) is 0 Å². The topological polar surface area (TPSA) is 0 Å². The fourth-order valence-corrected chi connectivity index (χ4v) is 3.45. The first-order valence-electron chi connectivity index (χ1n) is 2.68. The molecule has 0 radical (unpaired) electrons. The van der Waals surface area contributed by atoms with E-state index < -0.39 is 0 Å². The zero-order valence-electron chi connectivity index (χ0n) is 4.79. The molecule has 0 saturated carbocycles. The second-order valence-corrected chi connectivity index (χ2v) is 6.25. The second kappa shape index (κ2) is 2.35. The normalized spacial score (nSPS) is 47.6. The van der Waals surface area contributed by atoms with Crippen LogP contribution in [0.5, 0.6) is 0 Å². The van der Waals surface area contributed by atoms with E-state index >= 15 is 0 Å². The van der Waals surface area contributed by atoms with Gasteiger partial charge in [-0.15, -0.1) is 11.8 Å². The van der Waals surface area contributed by atoms with Gasteiger partial charge in [-0.1, -0.05) is 0 Å². The van der Waals surface area contributed by atoms with Gasteiger partial charge < -0.3 is 0 Å². The average molecular weight is 166 g/mol. The molecule has 0 nitrogen and oxygen atoms in total. The van der Waals surface area contributed by atoms with E-state index in [2.05, 4.69) is 32.2 Å². The van der Waals surface area contributed by atoms with Crippen molar-refractivity contribution in [1.82, 2.24) is 0 Å². The lowest BCUT2D eigenvalue weighted by Crippen LogP contribution is -2.02. The Morgan fingerprint density at radius 3 is 2.50 bits per heavy atom. The molecular formula is C5H10S3. The van der Waals surface area contributed by atoms with Crippen molar-refractivity contribution in [3.63, 3.8) is 0 Å². The van der Waals surface area contributed by atoms with E-state index in [1.54, 1.807) is 0 Å². The third-order valence-corrected chi connectivity index (χ3v) is 3.58. The van der Waals surface area contributed by atoms with Crippen molar-refractivity contribution in [1.29, 1.82) is 0 Å². The van der Waals surface area contributed by atoms with Gasteiger partial charge in [0.2, 0.25) is 0 Å².